The number of tetrazole rings is 1. The van der Waals surface area contributed by atoms with E-state index in [1.54, 1.807) is 19.3 Å². The van der Waals surface area contributed by atoms with E-state index in [4.69, 9.17) is 0 Å². The zero-order chi connectivity index (χ0) is 20.9. The zero-order valence-corrected chi connectivity index (χ0v) is 19.9. The summed E-state index contributed by atoms with van der Waals surface area (Å²) in [5.74, 6) is 8.72. The van der Waals surface area contributed by atoms with Gasteiger partial charge in [0.1, 0.15) is 5.82 Å². The van der Waals surface area contributed by atoms with Crippen LogP contribution in [0, 0.1) is 59.7 Å². The van der Waals surface area contributed by atoms with Gasteiger partial charge in [0.2, 0.25) is 0 Å². The lowest BCUT2D eigenvalue weighted by molar-refractivity contribution is -0.0749. The minimum atomic E-state index is 0.550. The zero-order valence-electron chi connectivity index (χ0n) is 19.9. The maximum atomic E-state index is 4.24. The highest BCUT2D eigenvalue weighted by Gasteiger charge is 2.57. The third-order valence-electron chi connectivity index (χ3n) is 10.7. The number of fused-ring (bicyclic) bond motifs is 5. The van der Waals surface area contributed by atoms with Crippen LogP contribution in [-0.4, -0.2) is 20.2 Å². The first-order valence-corrected chi connectivity index (χ1v) is 13.2. The Labute approximate surface area is 184 Å². The molecule has 1 aromatic rings. The van der Waals surface area contributed by atoms with Crippen LogP contribution in [0.3, 0.4) is 0 Å². The van der Waals surface area contributed by atoms with E-state index in [0.717, 1.165) is 53.8 Å². The first-order valence-electron chi connectivity index (χ1n) is 13.2. The van der Waals surface area contributed by atoms with Crippen LogP contribution in [0.2, 0.25) is 0 Å². The maximum absolute atomic E-state index is 4.24. The van der Waals surface area contributed by atoms with E-state index in [-0.39, 0.29) is 0 Å². The van der Waals surface area contributed by atoms with Crippen LogP contribution in [0.25, 0.3) is 0 Å². The molecular formula is C26H44N4. The maximum Gasteiger partial charge on any atom is 0.148 e. The first-order chi connectivity index (χ1) is 14.5. The molecule has 0 bridgehead atoms. The van der Waals surface area contributed by atoms with Gasteiger partial charge in [-0.25, -0.2) is 4.68 Å². The largest absolute Gasteiger partial charge is 0.230 e. The van der Waals surface area contributed by atoms with Crippen LogP contribution in [0.15, 0.2) is 0 Å². The second kappa shape index (κ2) is 8.20. The lowest BCUT2D eigenvalue weighted by Crippen LogP contribution is -2.49. The molecule has 0 N–H and O–H groups in total. The highest BCUT2D eigenvalue weighted by molar-refractivity contribution is 5.06. The molecule has 4 fully saturated rings. The molecule has 4 aliphatic carbocycles. The van der Waals surface area contributed by atoms with Gasteiger partial charge < -0.3 is 0 Å². The fraction of sp³-hybridized carbons (Fsp3) is 0.962. The van der Waals surface area contributed by atoms with E-state index < -0.39 is 0 Å². The molecule has 0 aromatic carbocycles. The van der Waals surface area contributed by atoms with Crippen molar-refractivity contribution in [2.24, 2.45) is 52.8 Å². The molecule has 4 aliphatic rings. The van der Waals surface area contributed by atoms with Gasteiger partial charge in [-0.05, 0) is 121 Å². The SMILES string of the molecule is CCC[C@H]1CC[C@@H]2C3CC[C@@]4(C)C(CC[C@@H]4[C@@H](C)Cn4nnnc4C)[C@@H]3CC[C@@H]2C1. The normalized spacial score (nSPS) is 44.2. The number of aromatic nitrogens is 4. The van der Waals surface area contributed by atoms with E-state index in [1.807, 2.05) is 11.6 Å². The Morgan fingerprint density at radius 2 is 1.87 bits per heavy atom. The molecule has 4 saturated carbocycles. The van der Waals surface area contributed by atoms with Crippen molar-refractivity contribution in [3.8, 4) is 0 Å². The average Bonchev–Trinajstić information content (AvgIpc) is 3.30. The van der Waals surface area contributed by atoms with Gasteiger partial charge in [0.25, 0.3) is 0 Å². The van der Waals surface area contributed by atoms with Crippen molar-refractivity contribution in [1.29, 1.82) is 0 Å². The fourth-order valence-corrected chi connectivity index (χ4v) is 9.41. The van der Waals surface area contributed by atoms with Crippen LogP contribution in [-0.2, 0) is 6.54 Å². The van der Waals surface area contributed by atoms with Crippen LogP contribution in [0.1, 0.15) is 97.2 Å². The van der Waals surface area contributed by atoms with Crippen LogP contribution in [0.5, 0.6) is 0 Å². The van der Waals surface area contributed by atoms with E-state index >= 15 is 0 Å². The minimum Gasteiger partial charge on any atom is -0.230 e. The molecule has 0 amide bonds. The van der Waals surface area contributed by atoms with E-state index in [1.165, 1.54) is 51.4 Å². The van der Waals surface area contributed by atoms with Crippen LogP contribution in [0.4, 0.5) is 0 Å². The molecule has 1 aromatic heterocycles. The summed E-state index contributed by atoms with van der Waals surface area (Å²) in [7, 11) is 0. The Morgan fingerprint density at radius 3 is 2.63 bits per heavy atom. The number of hydrogen-bond acceptors (Lipinski definition) is 3. The molecule has 30 heavy (non-hydrogen) atoms. The van der Waals surface area contributed by atoms with Crippen molar-refractivity contribution in [3.63, 3.8) is 0 Å². The van der Waals surface area contributed by atoms with Gasteiger partial charge in [-0.15, -0.1) is 5.10 Å². The van der Waals surface area contributed by atoms with Gasteiger partial charge in [-0.3, -0.25) is 0 Å². The van der Waals surface area contributed by atoms with Crippen molar-refractivity contribution in [2.75, 3.05) is 0 Å². The minimum absolute atomic E-state index is 0.550. The molecule has 0 aliphatic heterocycles. The van der Waals surface area contributed by atoms with Gasteiger partial charge in [0.05, 0.1) is 0 Å². The summed E-state index contributed by atoms with van der Waals surface area (Å²) in [4.78, 5) is 0. The van der Waals surface area contributed by atoms with Crippen molar-refractivity contribution in [2.45, 2.75) is 105 Å². The number of rotatable bonds is 5. The molecule has 4 nitrogen and oxygen atoms in total. The predicted molar refractivity (Wildman–Crippen MR) is 121 cm³/mol. The molecule has 2 unspecified atom stereocenters. The summed E-state index contributed by atoms with van der Waals surface area (Å²) in [5, 5.41) is 12.2. The Kier molecular flexibility index (Phi) is 5.73. The quantitative estimate of drug-likeness (QED) is 0.570. The molecule has 9 atom stereocenters. The van der Waals surface area contributed by atoms with Crippen LogP contribution < -0.4 is 0 Å². The van der Waals surface area contributed by atoms with Gasteiger partial charge in [-0.1, -0.05) is 40.0 Å². The molecule has 0 radical (unpaired) electrons. The Bertz CT molecular complexity index is 728. The van der Waals surface area contributed by atoms with E-state index in [0.29, 0.717) is 11.3 Å². The van der Waals surface area contributed by atoms with Gasteiger partial charge in [0, 0.05) is 6.54 Å². The Balaban J connectivity index is 1.28. The highest BCUT2D eigenvalue weighted by Crippen LogP contribution is 2.65. The average molecular weight is 413 g/mol. The first kappa shape index (κ1) is 20.9. The second-order valence-electron chi connectivity index (χ2n) is 12.0. The lowest BCUT2D eigenvalue weighted by Gasteiger charge is -2.57. The molecule has 0 spiro atoms. The molecule has 168 valence electrons. The Morgan fingerprint density at radius 1 is 1.03 bits per heavy atom. The molecule has 1 heterocycles. The summed E-state index contributed by atoms with van der Waals surface area (Å²) in [6, 6.07) is 0. The van der Waals surface area contributed by atoms with Crippen molar-refractivity contribution >= 4 is 0 Å². The molecule has 4 heteroatoms. The van der Waals surface area contributed by atoms with Gasteiger partial charge in [0.15, 0.2) is 0 Å². The van der Waals surface area contributed by atoms with Gasteiger partial charge >= 0.3 is 0 Å². The number of aryl methyl sites for hydroxylation is 1. The Hall–Kier alpha value is -0.930. The van der Waals surface area contributed by atoms with Crippen molar-refractivity contribution in [3.05, 3.63) is 5.82 Å². The van der Waals surface area contributed by atoms with E-state index in [9.17, 15) is 0 Å². The standard InChI is InChI=1S/C26H44N4/c1-5-6-19-7-9-21-20(15-19)8-10-23-22(21)13-14-26(4)24(11-12-25(23)26)17(2)16-30-18(3)27-28-29-30/h17,19-25H,5-16H2,1-4H3/t17-,19-,20+,21-,22?,23+,24+,25?,26+/m0/s1. The van der Waals surface area contributed by atoms with Gasteiger partial charge in [-0.2, -0.15) is 0 Å². The summed E-state index contributed by atoms with van der Waals surface area (Å²) in [6.45, 7) is 10.5. The summed E-state index contributed by atoms with van der Waals surface area (Å²) >= 11 is 0. The second-order valence-corrected chi connectivity index (χ2v) is 12.0. The predicted octanol–water partition coefficient (Wildman–Crippen LogP) is 6.30. The summed E-state index contributed by atoms with van der Waals surface area (Å²) < 4.78 is 2.03. The molecule has 0 saturated heterocycles. The fourth-order valence-electron chi connectivity index (χ4n) is 9.41. The smallest absolute Gasteiger partial charge is 0.148 e. The third kappa shape index (κ3) is 3.45. The third-order valence-corrected chi connectivity index (χ3v) is 10.7. The highest BCUT2D eigenvalue weighted by atomic mass is 15.5. The van der Waals surface area contributed by atoms with Crippen LogP contribution >= 0.6 is 0 Å². The topological polar surface area (TPSA) is 43.6 Å². The summed E-state index contributed by atoms with van der Waals surface area (Å²) in [6.07, 6.45) is 16.5. The molecule has 5 rings (SSSR count). The number of nitrogens with zero attached hydrogens (tertiary/aromatic N) is 4. The number of hydrogen-bond donors (Lipinski definition) is 0. The van der Waals surface area contributed by atoms with E-state index in [2.05, 4.69) is 36.3 Å². The summed E-state index contributed by atoms with van der Waals surface area (Å²) in [5.41, 5.74) is 0.550. The van der Waals surface area contributed by atoms with Crippen molar-refractivity contribution < 1.29 is 0 Å². The molecular weight excluding hydrogens is 368 g/mol. The monoisotopic (exact) mass is 412 g/mol. The van der Waals surface area contributed by atoms with Crippen molar-refractivity contribution in [1.82, 2.24) is 20.2 Å². The lowest BCUT2D eigenvalue weighted by atomic mass is 9.48.